The van der Waals surface area contributed by atoms with Gasteiger partial charge >= 0.3 is 0 Å². The van der Waals surface area contributed by atoms with E-state index in [1.807, 2.05) is 14.1 Å². The molecule has 2 N–H and O–H groups in total. The predicted octanol–water partition coefficient (Wildman–Crippen LogP) is 0.676. The SMILES string of the molecule is CC(C)N1CCCC(NC(O)N(C)C)CC1. The molecule has 0 aromatic rings. The Balaban J connectivity index is 2.35. The summed E-state index contributed by atoms with van der Waals surface area (Å²) in [6.07, 6.45) is 2.99. The molecule has 1 aliphatic rings. The van der Waals surface area contributed by atoms with E-state index in [2.05, 4.69) is 24.1 Å². The number of hydrogen-bond acceptors (Lipinski definition) is 4. The highest BCUT2D eigenvalue weighted by Gasteiger charge is 2.20. The van der Waals surface area contributed by atoms with Crippen LogP contribution in [0.1, 0.15) is 33.1 Å². The topological polar surface area (TPSA) is 38.7 Å². The van der Waals surface area contributed by atoms with E-state index in [1.54, 1.807) is 4.90 Å². The fraction of sp³-hybridized carbons (Fsp3) is 1.00. The van der Waals surface area contributed by atoms with Crippen molar-refractivity contribution in [3.63, 3.8) is 0 Å². The number of likely N-dealkylation sites (tertiary alicyclic amines) is 1. The number of nitrogens with zero attached hydrogens (tertiary/aromatic N) is 2. The van der Waals surface area contributed by atoms with Crippen LogP contribution in [0.15, 0.2) is 0 Å². The average Bonchev–Trinajstić information content (AvgIpc) is 2.43. The Bertz CT molecular complexity index is 197. The number of rotatable bonds is 4. The molecular weight excluding hydrogens is 202 g/mol. The van der Waals surface area contributed by atoms with Gasteiger partial charge in [0, 0.05) is 12.1 Å². The lowest BCUT2D eigenvalue weighted by atomic mass is 10.1. The second-order valence-electron chi connectivity index (χ2n) is 5.26. The van der Waals surface area contributed by atoms with Crippen molar-refractivity contribution in [1.82, 2.24) is 15.1 Å². The highest BCUT2D eigenvalue weighted by atomic mass is 16.3. The highest BCUT2D eigenvalue weighted by Crippen LogP contribution is 2.13. The first-order chi connectivity index (χ1) is 7.50. The Labute approximate surface area is 99.6 Å². The van der Waals surface area contributed by atoms with Gasteiger partial charge in [0.05, 0.1) is 0 Å². The third-order valence-corrected chi connectivity index (χ3v) is 3.37. The van der Waals surface area contributed by atoms with E-state index >= 15 is 0 Å². The summed E-state index contributed by atoms with van der Waals surface area (Å²) >= 11 is 0. The molecule has 1 heterocycles. The molecule has 0 aromatic heterocycles. The molecule has 1 fully saturated rings. The summed E-state index contributed by atoms with van der Waals surface area (Å²) in [6.45, 7) is 6.83. The molecule has 1 rings (SSSR count). The fourth-order valence-corrected chi connectivity index (χ4v) is 2.16. The van der Waals surface area contributed by atoms with Crippen LogP contribution in [0, 0.1) is 0 Å². The quantitative estimate of drug-likeness (QED) is 0.695. The molecule has 0 bridgehead atoms. The minimum absolute atomic E-state index is 0.446. The molecule has 0 spiro atoms. The van der Waals surface area contributed by atoms with Crippen LogP contribution in [0.4, 0.5) is 0 Å². The first-order valence-corrected chi connectivity index (χ1v) is 6.35. The normalized spacial score (nSPS) is 26.1. The zero-order valence-corrected chi connectivity index (χ0v) is 11.1. The standard InChI is InChI=1S/C12H27N3O/c1-10(2)15-8-5-6-11(7-9-15)13-12(16)14(3)4/h10-13,16H,5-9H2,1-4H3. The third kappa shape index (κ3) is 4.37. The molecule has 96 valence electrons. The van der Waals surface area contributed by atoms with Gasteiger partial charge in [0.2, 0.25) is 0 Å². The van der Waals surface area contributed by atoms with Gasteiger partial charge < -0.3 is 10.0 Å². The molecule has 4 heteroatoms. The predicted molar refractivity (Wildman–Crippen MR) is 67.2 cm³/mol. The zero-order chi connectivity index (χ0) is 12.1. The highest BCUT2D eigenvalue weighted by molar-refractivity contribution is 4.76. The van der Waals surface area contributed by atoms with Crippen LogP contribution >= 0.6 is 0 Å². The molecule has 1 saturated heterocycles. The number of nitrogens with one attached hydrogen (secondary N) is 1. The number of aliphatic hydroxyl groups excluding tert-OH is 1. The van der Waals surface area contributed by atoms with Crippen LogP contribution in [0.5, 0.6) is 0 Å². The van der Waals surface area contributed by atoms with Crippen molar-refractivity contribution >= 4 is 0 Å². The van der Waals surface area contributed by atoms with E-state index in [1.165, 1.54) is 13.0 Å². The zero-order valence-electron chi connectivity index (χ0n) is 11.1. The molecule has 0 saturated carbocycles. The second-order valence-corrected chi connectivity index (χ2v) is 5.26. The van der Waals surface area contributed by atoms with Gasteiger partial charge in [-0.05, 0) is 60.3 Å². The lowest BCUT2D eigenvalue weighted by Gasteiger charge is -2.26. The van der Waals surface area contributed by atoms with Crippen LogP contribution in [-0.4, -0.2) is 60.5 Å². The maximum Gasteiger partial charge on any atom is 0.162 e. The largest absolute Gasteiger partial charge is 0.365 e. The van der Waals surface area contributed by atoms with Crippen molar-refractivity contribution in [3.05, 3.63) is 0 Å². The van der Waals surface area contributed by atoms with Gasteiger partial charge in [-0.3, -0.25) is 10.2 Å². The van der Waals surface area contributed by atoms with Crippen molar-refractivity contribution in [1.29, 1.82) is 0 Å². The molecule has 0 aliphatic carbocycles. The summed E-state index contributed by atoms with van der Waals surface area (Å²) in [5, 5.41) is 13.0. The van der Waals surface area contributed by atoms with Crippen molar-refractivity contribution in [2.75, 3.05) is 27.2 Å². The Hall–Kier alpha value is -0.160. The van der Waals surface area contributed by atoms with Crippen molar-refractivity contribution in [2.45, 2.75) is 51.5 Å². The Morgan fingerprint density at radius 2 is 1.94 bits per heavy atom. The molecule has 4 nitrogen and oxygen atoms in total. The fourth-order valence-electron chi connectivity index (χ4n) is 2.16. The molecule has 0 radical (unpaired) electrons. The van der Waals surface area contributed by atoms with Gasteiger partial charge in [-0.1, -0.05) is 0 Å². The van der Waals surface area contributed by atoms with E-state index < -0.39 is 6.35 Å². The van der Waals surface area contributed by atoms with Crippen molar-refractivity contribution in [3.8, 4) is 0 Å². The molecule has 0 amide bonds. The van der Waals surface area contributed by atoms with Crippen LogP contribution in [0.25, 0.3) is 0 Å². The first kappa shape index (κ1) is 13.9. The maximum absolute atomic E-state index is 9.75. The number of hydrogen-bond donors (Lipinski definition) is 2. The van der Waals surface area contributed by atoms with Gasteiger partial charge in [-0.2, -0.15) is 0 Å². The lowest BCUT2D eigenvalue weighted by Crippen LogP contribution is -2.46. The minimum Gasteiger partial charge on any atom is -0.365 e. The van der Waals surface area contributed by atoms with Crippen LogP contribution in [0.3, 0.4) is 0 Å². The second kappa shape index (κ2) is 6.55. The maximum atomic E-state index is 9.75. The smallest absolute Gasteiger partial charge is 0.162 e. The number of aliphatic hydroxyl groups is 1. The van der Waals surface area contributed by atoms with Gasteiger partial charge in [0.25, 0.3) is 0 Å². The van der Waals surface area contributed by atoms with E-state index in [4.69, 9.17) is 0 Å². The van der Waals surface area contributed by atoms with Gasteiger partial charge in [0.1, 0.15) is 0 Å². The van der Waals surface area contributed by atoms with E-state index in [9.17, 15) is 5.11 Å². The molecule has 1 aliphatic heterocycles. The van der Waals surface area contributed by atoms with Gasteiger partial charge in [-0.25, -0.2) is 0 Å². The monoisotopic (exact) mass is 229 g/mol. The van der Waals surface area contributed by atoms with Crippen molar-refractivity contribution in [2.24, 2.45) is 0 Å². The van der Waals surface area contributed by atoms with Crippen LogP contribution in [0.2, 0.25) is 0 Å². The van der Waals surface area contributed by atoms with Crippen LogP contribution < -0.4 is 5.32 Å². The molecule has 0 aromatic carbocycles. The average molecular weight is 229 g/mol. The summed E-state index contributed by atoms with van der Waals surface area (Å²) in [5.41, 5.74) is 0. The summed E-state index contributed by atoms with van der Waals surface area (Å²) in [4.78, 5) is 4.31. The summed E-state index contributed by atoms with van der Waals surface area (Å²) in [6, 6.07) is 1.08. The molecule has 2 atom stereocenters. The van der Waals surface area contributed by atoms with Crippen molar-refractivity contribution < 1.29 is 5.11 Å². The lowest BCUT2D eigenvalue weighted by molar-refractivity contribution is -0.000268. The first-order valence-electron chi connectivity index (χ1n) is 6.35. The summed E-state index contributed by atoms with van der Waals surface area (Å²) in [5.74, 6) is 0. The van der Waals surface area contributed by atoms with Gasteiger partial charge in [0.15, 0.2) is 6.35 Å². The third-order valence-electron chi connectivity index (χ3n) is 3.37. The molecule has 2 unspecified atom stereocenters. The molecule has 16 heavy (non-hydrogen) atoms. The van der Waals surface area contributed by atoms with E-state index in [0.717, 1.165) is 19.4 Å². The van der Waals surface area contributed by atoms with Gasteiger partial charge in [-0.15, -0.1) is 0 Å². The Morgan fingerprint density at radius 3 is 2.50 bits per heavy atom. The summed E-state index contributed by atoms with van der Waals surface area (Å²) < 4.78 is 0. The summed E-state index contributed by atoms with van der Waals surface area (Å²) in [7, 11) is 3.77. The minimum atomic E-state index is -0.518. The van der Waals surface area contributed by atoms with Crippen LogP contribution in [-0.2, 0) is 0 Å². The van der Waals surface area contributed by atoms with E-state index in [0.29, 0.717) is 12.1 Å². The Morgan fingerprint density at radius 1 is 1.25 bits per heavy atom. The Kier molecular flexibility index (Phi) is 5.69. The molecular formula is C12H27N3O. The van der Waals surface area contributed by atoms with E-state index in [-0.39, 0.29) is 0 Å².